The number of nitrogens with zero attached hydrogens (tertiary/aromatic N) is 2. The molecule has 6 heteroatoms. The number of thiophene rings is 1. The quantitative estimate of drug-likeness (QED) is 0.704. The van der Waals surface area contributed by atoms with E-state index >= 15 is 0 Å². The van der Waals surface area contributed by atoms with Crippen LogP contribution in [0.2, 0.25) is 0 Å². The maximum atomic E-state index is 12.2. The molecule has 0 saturated carbocycles. The highest BCUT2D eigenvalue weighted by Crippen LogP contribution is 2.43. The highest BCUT2D eigenvalue weighted by Gasteiger charge is 2.55. The summed E-state index contributed by atoms with van der Waals surface area (Å²) < 4.78 is 7.24. The maximum absolute atomic E-state index is 12.2. The summed E-state index contributed by atoms with van der Waals surface area (Å²) in [7, 11) is 0. The standard InChI is InChI=1S/C13H15N2O2S.Al.2H/c16-12-15(11-2-1-7-18-11)9-13(17-12)8-14-5-3-10(13)4-6-14;;;/h1-2,10H,3-6,8-9H2;;;. The smallest absolute Gasteiger partial charge is 0.415 e. The largest absolute Gasteiger partial charge is 0.439 e. The van der Waals surface area contributed by atoms with E-state index in [0.717, 1.165) is 34.4 Å². The molecule has 19 heavy (non-hydrogen) atoms. The van der Waals surface area contributed by atoms with Crippen molar-refractivity contribution in [2.75, 3.05) is 31.1 Å². The SMILES string of the molecule is O=C1OC2(CN3CCC2CC3)CN1c1cc[c]([AlH2])s1. The Hall–Kier alpha value is -0.538. The topological polar surface area (TPSA) is 32.8 Å². The van der Waals surface area contributed by atoms with Gasteiger partial charge < -0.3 is 4.74 Å². The molecule has 1 aromatic rings. The van der Waals surface area contributed by atoms with E-state index in [4.69, 9.17) is 4.74 Å². The second kappa shape index (κ2) is 4.23. The summed E-state index contributed by atoms with van der Waals surface area (Å²) in [6, 6.07) is 4.19. The molecule has 0 radical (unpaired) electrons. The monoisotopic (exact) mass is 292 g/mol. The van der Waals surface area contributed by atoms with E-state index in [-0.39, 0.29) is 11.7 Å². The van der Waals surface area contributed by atoms with Crippen molar-refractivity contribution >= 4 is 42.5 Å². The summed E-state index contributed by atoms with van der Waals surface area (Å²) in [6.07, 6.45) is 2.21. The summed E-state index contributed by atoms with van der Waals surface area (Å²) in [5, 5.41) is 1.06. The zero-order chi connectivity index (χ0) is 13.0. The number of hydrogen-bond acceptors (Lipinski definition) is 4. The minimum atomic E-state index is -0.233. The Morgan fingerprint density at radius 3 is 2.68 bits per heavy atom. The van der Waals surface area contributed by atoms with Gasteiger partial charge in [-0.05, 0) is 32.0 Å². The fraction of sp³-hybridized carbons (Fsp3) is 0.615. The molecule has 5 rings (SSSR count). The Morgan fingerprint density at radius 1 is 1.32 bits per heavy atom. The van der Waals surface area contributed by atoms with E-state index in [0.29, 0.717) is 5.92 Å². The predicted octanol–water partition coefficient (Wildman–Crippen LogP) is 0.428. The number of fused-ring (bicyclic) bond motifs is 2. The molecule has 100 valence electrons. The Bertz CT molecular complexity index is 526. The van der Waals surface area contributed by atoms with Crippen molar-refractivity contribution in [2.24, 2.45) is 5.92 Å². The summed E-state index contributed by atoms with van der Waals surface area (Å²) in [5.41, 5.74) is -0.233. The van der Waals surface area contributed by atoms with Crippen LogP contribution in [0.5, 0.6) is 0 Å². The Balaban J connectivity index is 1.63. The predicted molar refractivity (Wildman–Crippen MR) is 78.2 cm³/mol. The van der Waals surface area contributed by atoms with E-state index in [1.54, 1.807) is 11.3 Å². The minimum absolute atomic E-state index is 0.141. The van der Waals surface area contributed by atoms with Crippen LogP contribution in [0.3, 0.4) is 0 Å². The molecule has 2 bridgehead atoms. The molecule has 1 spiro atoms. The minimum Gasteiger partial charge on any atom is -0.439 e. The van der Waals surface area contributed by atoms with Crippen LogP contribution in [-0.4, -0.2) is 59.1 Å². The van der Waals surface area contributed by atoms with E-state index in [9.17, 15) is 4.79 Å². The van der Waals surface area contributed by atoms with Crippen LogP contribution < -0.4 is 8.64 Å². The summed E-state index contributed by atoms with van der Waals surface area (Å²) in [4.78, 5) is 16.5. The molecular weight excluding hydrogens is 275 g/mol. The lowest BCUT2D eigenvalue weighted by Gasteiger charge is -2.49. The molecule has 1 amide bonds. The van der Waals surface area contributed by atoms with Gasteiger partial charge in [-0.1, -0.05) is 9.81 Å². The van der Waals surface area contributed by atoms with Crippen molar-refractivity contribution in [3.8, 4) is 0 Å². The third-order valence-electron chi connectivity index (χ3n) is 4.75. The van der Waals surface area contributed by atoms with Gasteiger partial charge in [-0.3, -0.25) is 9.80 Å². The number of carbonyl (C=O) groups is 1. The third kappa shape index (κ3) is 1.85. The number of hydrogen-bond donors (Lipinski definition) is 0. The fourth-order valence-corrected chi connectivity index (χ4v) is 5.39. The van der Waals surface area contributed by atoms with Gasteiger partial charge in [0.25, 0.3) is 16.3 Å². The van der Waals surface area contributed by atoms with Crippen molar-refractivity contribution < 1.29 is 9.53 Å². The van der Waals surface area contributed by atoms with E-state index < -0.39 is 0 Å². The lowest BCUT2D eigenvalue weighted by Crippen LogP contribution is -2.61. The first-order valence-electron chi connectivity index (χ1n) is 6.96. The van der Waals surface area contributed by atoms with E-state index in [1.807, 2.05) is 4.90 Å². The van der Waals surface area contributed by atoms with Crippen LogP contribution in [-0.2, 0) is 4.74 Å². The van der Waals surface area contributed by atoms with Crippen molar-refractivity contribution in [2.45, 2.75) is 18.4 Å². The van der Waals surface area contributed by atoms with Gasteiger partial charge in [0.05, 0.1) is 11.5 Å². The highest BCUT2D eigenvalue weighted by atomic mass is 32.1. The number of ether oxygens (including phenoxy) is 1. The molecule has 1 atom stereocenters. The zero-order valence-electron chi connectivity index (χ0n) is 11.1. The lowest BCUT2D eigenvalue weighted by atomic mass is 9.75. The van der Waals surface area contributed by atoms with Crippen molar-refractivity contribution in [3.63, 3.8) is 0 Å². The summed E-state index contributed by atoms with van der Waals surface area (Å²) >= 11 is 2.77. The summed E-state index contributed by atoms with van der Waals surface area (Å²) in [6.45, 7) is 4.02. The van der Waals surface area contributed by atoms with Crippen molar-refractivity contribution in [3.05, 3.63) is 12.1 Å². The van der Waals surface area contributed by atoms with Crippen LogP contribution in [0.15, 0.2) is 12.1 Å². The van der Waals surface area contributed by atoms with Gasteiger partial charge in [0.15, 0.2) is 0 Å². The second-order valence-electron chi connectivity index (χ2n) is 5.95. The van der Waals surface area contributed by atoms with Gasteiger partial charge in [0, 0.05) is 12.5 Å². The first kappa shape index (κ1) is 12.2. The molecule has 4 aliphatic rings. The maximum Gasteiger partial charge on any atom is 0.415 e. The molecule has 5 heterocycles. The van der Waals surface area contributed by atoms with Crippen molar-refractivity contribution in [1.29, 1.82) is 0 Å². The third-order valence-corrected chi connectivity index (χ3v) is 6.72. The molecule has 4 saturated heterocycles. The van der Waals surface area contributed by atoms with Gasteiger partial charge in [-0.25, -0.2) is 4.79 Å². The fourth-order valence-electron chi connectivity index (χ4n) is 3.75. The number of piperidine rings is 3. The number of amides is 1. The second-order valence-corrected chi connectivity index (χ2v) is 9.02. The zero-order valence-corrected chi connectivity index (χ0v) is 13.9. The van der Waals surface area contributed by atoms with E-state index in [1.165, 1.54) is 29.7 Å². The molecule has 1 unspecified atom stereocenters. The highest BCUT2D eigenvalue weighted by molar-refractivity contribution is 7.23. The molecule has 4 fully saturated rings. The first-order valence-corrected chi connectivity index (χ1v) is 8.77. The van der Waals surface area contributed by atoms with Crippen LogP contribution in [0.25, 0.3) is 0 Å². The molecule has 1 aromatic heterocycles. The Kier molecular flexibility index (Phi) is 2.72. The van der Waals surface area contributed by atoms with Gasteiger partial charge in [-0.15, -0.1) is 11.3 Å². The number of carbonyl (C=O) groups excluding carboxylic acids is 1. The summed E-state index contributed by atoms with van der Waals surface area (Å²) in [5.74, 6) is 0.557. The molecule has 4 nitrogen and oxygen atoms in total. The van der Waals surface area contributed by atoms with Crippen LogP contribution in [0, 0.1) is 5.92 Å². The normalized spacial score (nSPS) is 37.1. The first-order chi connectivity index (χ1) is 9.16. The lowest BCUT2D eigenvalue weighted by molar-refractivity contribution is -0.0881. The number of rotatable bonds is 1. The van der Waals surface area contributed by atoms with Gasteiger partial charge in [0.1, 0.15) is 5.60 Å². The van der Waals surface area contributed by atoms with Crippen LogP contribution >= 0.6 is 11.3 Å². The molecule has 0 aliphatic carbocycles. The van der Waals surface area contributed by atoms with Gasteiger partial charge in [-0.2, -0.15) is 0 Å². The molecule has 4 aliphatic heterocycles. The number of anilines is 1. The van der Waals surface area contributed by atoms with Crippen molar-refractivity contribution in [1.82, 2.24) is 4.90 Å². The van der Waals surface area contributed by atoms with Crippen LogP contribution in [0.1, 0.15) is 12.8 Å². The average Bonchev–Trinajstić information content (AvgIpc) is 2.95. The van der Waals surface area contributed by atoms with Gasteiger partial charge >= 0.3 is 6.09 Å². The average molecular weight is 292 g/mol. The molecule has 0 aromatic carbocycles. The molecule has 0 N–H and O–H groups in total. The Labute approximate surface area is 124 Å². The van der Waals surface area contributed by atoms with Gasteiger partial charge in [0.2, 0.25) is 0 Å². The Morgan fingerprint density at radius 2 is 2.11 bits per heavy atom. The molecular formula is C13H17AlN2O2S. The van der Waals surface area contributed by atoms with E-state index in [2.05, 4.69) is 17.0 Å². The van der Waals surface area contributed by atoms with Crippen LogP contribution in [0.4, 0.5) is 9.80 Å².